The molecule has 17 nitrogen and oxygen atoms in total. The van der Waals surface area contributed by atoms with Crippen LogP contribution in [0.1, 0.15) is 106 Å². The fraction of sp³-hybridized carbons (Fsp3) is 0.314. The minimum Gasteiger partial charge on any atom is -0.508 e. The number of fused-ring (bicyclic) bond motifs is 2. The Balaban J connectivity index is 0.000000372. The van der Waals surface area contributed by atoms with Crippen molar-refractivity contribution < 1.29 is 72.2 Å². The van der Waals surface area contributed by atoms with Crippen LogP contribution < -0.4 is 29.8 Å². The minimum absolute atomic E-state index is 0. The standard InChI is InChI=1S/C31H34O10.C15H10O6.C4H7ClO.CH4/c1-5-9-24(32)37-20-15-13-19(14-16-20)30-31(41-27(35)12-8-4)29(36)28-22(39-26(34)11-7-3)17-21(18-23(28)40-30)38-25(33)10-6-2;16-8-3-1-7(2-4-8)15-14(20)13(19)12-10(18)5-9(17)6-11(12)21-15;1-2-3-4(5)6;/h13-18H,5-12H2,1-4H3;1-6,16-18,20H;2-3H2,1H3;1H4. The lowest BCUT2D eigenvalue weighted by Crippen LogP contribution is -2.17. The summed E-state index contributed by atoms with van der Waals surface area (Å²) in [4.78, 5) is 84.8. The molecule has 0 bridgehead atoms. The number of phenolic OH excluding ortho intramolecular Hbond substituents is 3. The second-order valence-electron chi connectivity index (χ2n) is 14.9. The number of halogens is 1. The highest BCUT2D eigenvalue weighted by Crippen LogP contribution is 2.38. The van der Waals surface area contributed by atoms with Gasteiger partial charge in [-0.2, -0.15) is 0 Å². The van der Waals surface area contributed by atoms with Gasteiger partial charge in [-0.15, -0.1) is 0 Å². The average molecular weight is 975 g/mol. The average Bonchev–Trinajstić information content (AvgIpc) is 3.27. The fourth-order valence-corrected chi connectivity index (χ4v) is 6.33. The molecule has 4 N–H and O–H groups in total. The third kappa shape index (κ3) is 15.4. The van der Waals surface area contributed by atoms with Gasteiger partial charge in [0.2, 0.25) is 27.6 Å². The highest BCUT2D eigenvalue weighted by molar-refractivity contribution is 6.63. The van der Waals surface area contributed by atoms with E-state index in [-0.39, 0.29) is 107 Å². The van der Waals surface area contributed by atoms with Crippen LogP contribution in [0.4, 0.5) is 0 Å². The fourth-order valence-electron chi connectivity index (χ4n) is 6.14. The Morgan fingerprint density at radius 1 is 0.507 bits per heavy atom. The molecule has 0 aliphatic heterocycles. The molecule has 0 amide bonds. The number of aromatic hydroxyl groups is 4. The summed E-state index contributed by atoms with van der Waals surface area (Å²) < 4.78 is 33.2. The van der Waals surface area contributed by atoms with Gasteiger partial charge in [-0.05, 0) is 92.2 Å². The number of phenols is 3. The van der Waals surface area contributed by atoms with Gasteiger partial charge in [0.15, 0.2) is 11.5 Å². The Labute approximate surface area is 401 Å². The summed E-state index contributed by atoms with van der Waals surface area (Å²) in [5.74, 6) is -4.02. The highest BCUT2D eigenvalue weighted by atomic mass is 35.5. The van der Waals surface area contributed by atoms with E-state index in [1.807, 2.05) is 20.8 Å². The predicted molar refractivity (Wildman–Crippen MR) is 257 cm³/mol. The summed E-state index contributed by atoms with van der Waals surface area (Å²) in [7, 11) is 0. The van der Waals surface area contributed by atoms with Crippen LogP contribution in [0.15, 0.2) is 91.2 Å². The largest absolute Gasteiger partial charge is 0.508 e. The molecular weight excluding hydrogens is 920 g/mol. The van der Waals surface area contributed by atoms with Crippen molar-refractivity contribution in [3.05, 3.63) is 93.2 Å². The van der Waals surface area contributed by atoms with Crippen molar-refractivity contribution in [1.82, 2.24) is 0 Å². The van der Waals surface area contributed by atoms with Gasteiger partial charge in [-0.1, -0.05) is 42.0 Å². The molecule has 0 saturated carbocycles. The number of ether oxygens (including phenoxy) is 4. The lowest BCUT2D eigenvalue weighted by Gasteiger charge is -2.14. The van der Waals surface area contributed by atoms with E-state index in [0.29, 0.717) is 43.2 Å². The van der Waals surface area contributed by atoms with E-state index in [9.17, 15) is 54.0 Å². The summed E-state index contributed by atoms with van der Waals surface area (Å²) in [6.07, 6.45) is 4.07. The Morgan fingerprint density at radius 3 is 1.49 bits per heavy atom. The van der Waals surface area contributed by atoms with E-state index in [2.05, 4.69) is 0 Å². The van der Waals surface area contributed by atoms with Crippen LogP contribution in [0.3, 0.4) is 0 Å². The normalized spacial score (nSPS) is 10.4. The van der Waals surface area contributed by atoms with E-state index in [4.69, 9.17) is 39.4 Å². The van der Waals surface area contributed by atoms with Gasteiger partial charge in [-0.25, -0.2) is 0 Å². The summed E-state index contributed by atoms with van der Waals surface area (Å²) in [5.41, 5.74) is -0.964. The smallest absolute Gasteiger partial charge is 0.311 e. The zero-order valence-electron chi connectivity index (χ0n) is 38.0. The van der Waals surface area contributed by atoms with Gasteiger partial charge in [0.25, 0.3) is 0 Å². The first-order valence-electron chi connectivity index (χ1n) is 21.7. The molecule has 69 heavy (non-hydrogen) atoms. The maximum Gasteiger partial charge on any atom is 0.311 e. The Bertz CT molecular complexity index is 2880. The molecule has 4 aromatic carbocycles. The summed E-state index contributed by atoms with van der Waals surface area (Å²) in [6, 6.07) is 16.5. The molecule has 0 atom stereocenters. The van der Waals surface area contributed by atoms with Gasteiger partial charge < -0.3 is 48.2 Å². The second-order valence-corrected chi connectivity index (χ2v) is 15.3. The second kappa shape index (κ2) is 26.6. The number of benzene rings is 4. The van der Waals surface area contributed by atoms with Crippen LogP contribution >= 0.6 is 11.6 Å². The van der Waals surface area contributed by atoms with Gasteiger partial charge >= 0.3 is 23.9 Å². The van der Waals surface area contributed by atoms with Crippen LogP contribution in [-0.2, 0) is 24.0 Å². The predicted octanol–water partition coefficient (Wildman–Crippen LogP) is 10.8. The third-order valence-corrected chi connectivity index (χ3v) is 9.43. The summed E-state index contributed by atoms with van der Waals surface area (Å²) in [5, 5.41) is 37.8. The van der Waals surface area contributed by atoms with Gasteiger partial charge in [-0.3, -0.25) is 33.6 Å². The number of esters is 4. The number of rotatable bonds is 16. The van der Waals surface area contributed by atoms with Crippen molar-refractivity contribution in [2.45, 2.75) is 106 Å². The molecule has 368 valence electrons. The molecule has 2 aromatic heterocycles. The van der Waals surface area contributed by atoms with E-state index in [1.54, 1.807) is 26.0 Å². The van der Waals surface area contributed by atoms with E-state index >= 15 is 0 Å². The molecule has 0 radical (unpaired) electrons. The lowest BCUT2D eigenvalue weighted by molar-refractivity contribution is -0.135. The van der Waals surface area contributed by atoms with Crippen molar-refractivity contribution in [3.8, 4) is 68.6 Å². The zero-order valence-corrected chi connectivity index (χ0v) is 38.7. The van der Waals surface area contributed by atoms with Crippen molar-refractivity contribution in [2.75, 3.05) is 0 Å². The molecule has 0 fully saturated rings. The quantitative estimate of drug-likeness (QED) is 0.0399. The number of hydrogen-bond donors (Lipinski definition) is 4. The van der Waals surface area contributed by atoms with Crippen LogP contribution in [0.25, 0.3) is 44.6 Å². The maximum atomic E-state index is 13.8. The molecule has 0 spiro atoms. The van der Waals surface area contributed by atoms with E-state index in [0.717, 1.165) is 12.5 Å². The lowest BCUT2D eigenvalue weighted by atomic mass is 10.1. The molecule has 18 heteroatoms. The molecule has 6 aromatic rings. The van der Waals surface area contributed by atoms with Crippen LogP contribution in [0.5, 0.6) is 46.0 Å². The number of hydrogen-bond acceptors (Lipinski definition) is 17. The van der Waals surface area contributed by atoms with Crippen LogP contribution in [0.2, 0.25) is 0 Å². The van der Waals surface area contributed by atoms with Crippen molar-refractivity contribution in [1.29, 1.82) is 0 Å². The number of carbonyl (C=O) groups is 5. The van der Waals surface area contributed by atoms with Crippen LogP contribution in [0, 0.1) is 0 Å². The van der Waals surface area contributed by atoms with E-state index < -0.39 is 46.0 Å². The monoisotopic (exact) mass is 974 g/mol. The number of carbonyl (C=O) groups excluding carboxylic acids is 5. The van der Waals surface area contributed by atoms with E-state index in [1.165, 1.54) is 54.6 Å². The molecule has 0 aliphatic rings. The van der Waals surface area contributed by atoms with Crippen LogP contribution in [-0.4, -0.2) is 49.5 Å². The highest BCUT2D eigenvalue weighted by Gasteiger charge is 2.25. The topological polar surface area (TPSA) is 264 Å². The molecule has 0 unspecified atom stereocenters. The molecule has 0 aliphatic carbocycles. The minimum atomic E-state index is -0.808. The van der Waals surface area contributed by atoms with Gasteiger partial charge in [0.05, 0.1) is 0 Å². The first kappa shape index (κ1) is 55.7. The Hall–Kier alpha value is -7.66. The van der Waals surface area contributed by atoms with Gasteiger partial charge in [0.1, 0.15) is 56.4 Å². The van der Waals surface area contributed by atoms with Crippen molar-refractivity contribution in [3.63, 3.8) is 0 Å². The zero-order chi connectivity index (χ0) is 50.1. The maximum absolute atomic E-state index is 13.8. The molecule has 6 rings (SSSR count). The Kier molecular flexibility index (Phi) is 21.5. The van der Waals surface area contributed by atoms with Crippen molar-refractivity contribution in [2.24, 2.45) is 0 Å². The Morgan fingerprint density at radius 2 is 0.971 bits per heavy atom. The summed E-state index contributed by atoms with van der Waals surface area (Å²) in [6.45, 7) is 9.18. The van der Waals surface area contributed by atoms with Crippen molar-refractivity contribution >= 4 is 62.7 Å². The SMILES string of the molecule is C.CCCC(=O)Cl.CCCC(=O)Oc1ccc(-c2oc3cc(OC(=O)CCC)cc(OC(=O)CCC)c3c(=O)c2OC(=O)CCC)cc1.O=c1c(O)c(-c2ccc(O)cc2)oc2cc(O)cc(O)c12. The first-order chi connectivity index (χ1) is 32.4. The van der Waals surface area contributed by atoms with Gasteiger partial charge in [0, 0.05) is 67.5 Å². The molecule has 2 heterocycles. The third-order valence-electron chi connectivity index (χ3n) is 9.24. The molecule has 0 saturated heterocycles. The first-order valence-corrected chi connectivity index (χ1v) is 22.1. The molecular formula is C51H55ClO17. The summed E-state index contributed by atoms with van der Waals surface area (Å²) >= 11 is 4.94.